The van der Waals surface area contributed by atoms with Crippen LogP contribution in [0.5, 0.6) is 0 Å². The van der Waals surface area contributed by atoms with Crippen molar-refractivity contribution in [2.24, 2.45) is 0 Å². The minimum Gasteiger partial charge on any atom is -0.375 e. The zero-order chi connectivity index (χ0) is 17.6. The van der Waals surface area contributed by atoms with Crippen molar-refractivity contribution in [3.8, 4) is 0 Å². The Morgan fingerprint density at radius 1 is 1.32 bits per heavy atom. The van der Waals surface area contributed by atoms with Crippen LogP contribution in [-0.4, -0.2) is 65.7 Å². The maximum Gasteiger partial charge on any atom is 0.274 e. The number of aromatic nitrogens is 3. The van der Waals surface area contributed by atoms with Gasteiger partial charge in [-0.1, -0.05) is 0 Å². The van der Waals surface area contributed by atoms with Crippen LogP contribution < -0.4 is 4.90 Å². The summed E-state index contributed by atoms with van der Waals surface area (Å²) in [6.07, 6.45) is 8.22. The van der Waals surface area contributed by atoms with Crippen molar-refractivity contribution in [3.63, 3.8) is 0 Å². The van der Waals surface area contributed by atoms with Crippen LogP contribution in [-0.2, 0) is 11.2 Å². The Morgan fingerprint density at radius 2 is 2.20 bits per heavy atom. The summed E-state index contributed by atoms with van der Waals surface area (Å²) >= 11 is 0. The number of morpholine rings is 1. The number of hydrogen-bond donors (Lipinski definition) is 0. The van der Waals surface area contributed by atoms with Crippen LogP contribution in [0, 0.1) is 0 Å². The molecule has 7 nitrogen and oxygen atoms in total. The molecule has 2 aromatic heterocycles. The van der Waals surface area contributed by atoms with Gasteiger partial charge in [0.1, 0.15) is 11.5 Å². The van der Waals surface area contributed by atoms with Gasteiger partial charge in [0.05, 0.1) is 18.9 Å². The first kappa shape index (κ1) is 17.3. The SMILES string of the molecule is CN(C)c1cc(CC[C@@H]2CN(C(=O)c3cnccn3)CCO2)ccn1. The minimum absolute atomic E-state index is 0.0327. The van der Waals surface area contributed by atoms with Crippen LogP contribution >= 0.6 is 0 Å². The predicted octanol–water partition coefficient (Wildman–Crippen LogP) is 1.41. The molecule has 7 heteroatoms. The number of aryl methyl sites for hydroxylation is 1. The normalized spacial score (nSPS) is 17.4. The smallest absolute Gasteiger partial charge is 0.274 e. The lowest BCUT2D eigenvalue weighted by Gasteiger charge is -2.32. The third-order valence-corrected chi connectivity index (χ3v) is 4.23. The highest BCUT2D eigenvalue weighted by atomic mass is 16.5. The quantitative estimate of drug-likeness (QED) is 0.819. The van der Waals surface area contributed by atoms with E-state index in [1.165, 1.54) is 18.0 Å². The van der Waals surface area contributed by atoms with E-state index in [0.717, 1.165) is 18.7 Å². The molecule has 1 amide bonds. The molecule has 1 aliphatic heterocycles. The molecule has 0 bridgehead atoms. The van der Waals surface area contributed by atoms with E-state index < -0.39 is 0 Å². The van der Waals surface area contributed by atoms with Gasteiger partial charge in [-0.15, -0.1) is 0 Å². The van der Waals surface area contributed by atoms with Crippen molar-refractivity contribution >= 4 is 11.7 Å². The molecule has 1 saturated heterocycles. The lowest BCUT2D eigenvalue weighted by molar-refractivity contribution is -0.0248. The fraction of sp³-hybridized carbons (Fsp3) is 0.444. The van der Waals surface area contributed by atoms with Gasteiger partial charge in [0, 0.05) is 45.8 Å². The molecule has 1 aliphatic rings. The standard InChI is InChI=1S/C18H23N5O2/c1-22(2)17-11-14(5-6-21-17)3-4-15-13-23(9-10-25-15)18(24)16-12-19-7-8-20-16/h5-8,11-12,15H,3-4,9-10,13H2,1-2H3/t15-/m1/s1. The number of pyridine rings is 1. The highest BCUT2D eigenvalue weighted by Gasteiger charge is 2.25. The van der Waals surface area contributed by atoms with Crippen LogP contribution in [0.25, 0.3) is 0 Å². The van der Waals surface area contributed by atoms with E-state index in [-0.39, 0.29) is 12.0 Å². The zero-order valence-electron chi connectivity index (χ0n) is 14.6. The van der Waals surface area contributed by atoms with E-state index in [2.05, 4.69) is 21.0 Å². The summed E-state index contributed by atoms with van der Waals surface area (Å²) in [6, 6.07) is 4.11. The molecule has 0 unspecified atom stereocenters. The second kappa shape index (κ2) is 8.02. The number of carbonyl (C=O) groups excluding carboxylic acids is 1. The molecule has 1 fully saturated rings. The van der Waals surface area contributed by atoms with Gasteiger partial charge >= 0.3 is 0 Å². The Labute approximate surface area is 147 Å². The largest absolute Gasteiger partial charge is 0.375 e. The van der Waals surface area contributed by atoms with Crippen LogP contribution in [0.2, 0.25) is 0 Å². The molecule has 25 heavy (non-hydrogen) atoms. The summed E-state index contributed by atoms with van der Waals surface area (Å²) in [7, 11) is 3.96. The first-order valence-electron chi connectivity index (χ1n) is 8.42. The van der Waals surface area contributed by atoms with Gasteiger partial charge in [0.25, 0.3) is 5.91 Å². The van der Waals surface area contributed by atoms with E-state index in [1.54, 1.807) is 11.1 Å². The third kappa shape index (κ3) is 4.51. The van der Waals surface area contributed by atoms with Gasteiger partial charge in [-0.05, 0) is 30.5 Å². The molecule has 3 rings (SSSR count). The molecule has 0 aromatic carbocycles. The molecule has 3 heterocycles. The van der Waals surface area contributed by atoms with Gasteiger partial charge in [0.2, 0.25) is 0 Å². The van der Waals surface area contributed by atoms with E-state index in [4.69, 9.17) is 4.74 Å². The lowest BCUT2D eigenvalue weighted by Crippen LogP contribution is -2.46. The number of rotatable bonds is 5. The average Bonchev–Trinajstić information content (AvgIpc) is 2.67. The van der Waals surface area contributed by atoms with Crippen molar-refractivity contribution in [2.45, 2.75) is 18.9 Å². The third-order valence-electron chi connectivity index (χ3n) is 4.23. The van der Waals surface area contributed by atoms with Crippen molar-refractivity contribution < 1.29 is 9.53 Å². The molecular formula is C18H23N5O2. The molecular weight excluding hydrogens is 318 g/mol. The molecule has 132 valence electrons. The highest BCUT2D eigenvalue weighted by Crippen LogP contribution is 2.16. The van der Waals surface area contributed by atoms with Crippen molar-refractivity contribution in [2.75, 3.05) is 38.7 Å². The van der Waals surface area contributed by atoms with Gasteiger partial charge < -0.3 is 14.5 Å². The average molecular weight is 341 g/mol. The molecule has 0 radical (unpaired) electrons. The summed E-state index contributed by atoms with van der Waals surface area (Å²) in [4.78, 5) is 28.7. The van der Waals surface area contributed by atoms with E-state index in [1.807, 2.05) is 31.3 Å². The van der Waals surface area contributed by atoms with Crippen LogP contribution in [0.15, 0.2) is 36.9 Å². The Bertz CT molecular complexity index is 708. The fourth-order valence-electron chi connectivity index (χ4n) is 2.84. The van der Waals surface area contributed by atoms with Gasteiger partial charge in [-0.3, -0.25) is 9.78 Å². The summed E-state index contributed by atoms with van der Waals surface area (Å²) in [5.41, 5.74) is 1.60. The predicted molar refractivity (Wildman–Crippen MR) is 94.6 cm³/mol. The summed E-state index contributed by atoms with van der Waals surface area (Å²) in [5.74, 6) is 0.863. The molecule has 0 spiro atoms. The van der Waals surface area contributed by atoms with Gasteiger partial charge in [-0.25, -0.2) is 9.97 Å². The summed E-state index contributed by atoms with van der Waals surface area (Å²) < 4.78 is 5.84. The van der Waals surface area contributed by atoms with E-state index in [9.17, 15) is 4.79 Å². The molecule has 0 saturated carbocycles. The topological polar surface area (TPSA) is 71.5 Å². The lowest BCUT2D eigenvalue weighted by atomic mass is 10.1. The molecule has 2 aromatic rings. The molecule has 0 N–H and O–H groups in total. The Kier molecular flexibility index (Phi) is 5.55. The number of ether oxygens (including phenoxy) is 1. The van der Waals surface area contributed by atoms with E-state index >= 15 is 0 Å². The number of hydrogen-bond acceptors (Lipinski definition) is 6. The van der Waals surface area contributed by atoms with Crippen LogP contribution in [0.3, 0.4) is 0 Å². The second-order valence-electron chi connectivity index (χ2n) is 6.29. The zero-order valence-corrected chi connectivity index (χ0v) is 14.6. The minimum atomic E-state index is -0.0831. The van der Waals surface area contributed by atoms with Crippen molar-refractivity contribution in [3.05, 3.63) is 48.2 Å². The Balaban J connectivity index is 1.57. The number of carbonyl (C=O) groups is 1. The van der Waals surface area contributed by atoms with Crippen molar-refractivity contribution in [1.29, 1.82) is 0 Å². The van der Waals surface area contributed by atoms with Crippen molar-refractivity contribution in [1.82, 2.24) is 19.9 Å². The number of anilines is 1. The van der Waals surface area contributed by atoms with Gasteiger partial charge in [0.15, 0.2) is 0 Å². The fourth-order valence-corrected chi connectivity index (χ4v) is 2.84. The maximum atomic E-state index is 12.5. The maximum absolute atomic E-state index is 12.5. The molecule has 0 aliphatic carbocycles. The highest BCUT2D eigenvalue weighted by molar-refractivity contribution is 5.92. The van der Waals surface area contributed by atoms with E-state index in [0.29, 0.717) is 25.4 Å². The second-order valence-corrected chi connectivity index (χ2v) is 6.29. The first-order valence-corrected chi connectivity index (χ1v) is 8.42. The molecule has 1 atom stereocenters. The van der Waals surface area contributed by atoms with Crippen LogP contribution in [0.4, 0.5) is 5.82 Å². The summed E-state index contributed by atoms with van der Waals surface area (Å²) in [6.45, 7) is 1.73. The van der Waals surface area contributed by atoms with Gasteiger partial charge in [-0.2, -0.15) is 0 Å². The number of amides is 1. The monoisotopic (exact) mass is 341 g/mol. The van der Waals surface area contributed by atoms with Crippen LogP contribution in [0.1, 0.15) is 22.5 Å². The Morgan fingerprint density at radius 3 is 2.96 bits per heavy atom. The summed E-state index contributed by atoms with van der Waals surface area (Å²) in [5, 5.41) is 0. The Hall–Kier alpha value is -2.54. The number of nitrogens with zero attached hydrogens (tertiary/aromatic N) is 5. The first-order chi connectivity index (χ1) is 12.1.